The van der Waals surface area contributed by atoms with Gasteiger partial charge in [-0.05, 0) is 28.4 Å². The van der Waals surface area contributed by atoms with Crippen LogP contribution in [0.5, 0.6) is 0 Å². The molecule has 0 radical (unpaired) electrons. The van der Waals surface area contributed by atoms with Crippen molar-refractivity contribution in [3.63, 3.8) is 0 Å². The van der Waals surface area contributed by atoms with E-state index in [9.17, 15) is 4.39 Å². The highest BCUT2D eigenvalue weighted by atomic mass is 79.9. The molecule has 0 aliphatic carbocycles. The first-order valence-electron chi connectivity index (χ1n) is 2.67. The van der Waals surface area contributed by atoms with Crippen LogP contribution in [0.3, 0.4) is 0 Å². The predicted molar refractivity (Wildman–Crippen MR) is 41.4 cm³/mol. The molecular formula is C6H6BrFS. The lowest BCUT2D eigenvalue weighted by atomic mass is 10.4. The molecule has 0 saturated heterocycles. The van der Waals surface area contributed by atoms with Crippen molar-refractivity contribution in [3.05, 3.63) is 20.5 Å². The van der Waals surface area contributed by atoms with Gasteiger partial charge in [-0.3, -0.25) is 0 Å². The second-order valence-electron chi connectivity index (χ2n) is 1.69. The topological polar surface area (TPSA) is 0 Å². The van der Waals surface area contributed by atoms with Gasteiger partial charge in [0.15, 0.2) is 0 Å². The van der Waals surface area contributed by atoms with Gasteiger partial charge in [-0.25, -0.2) is 4.39 Å². The number of aryl methyl sites for hydroxylation is 1. The summed E-state index contributed by atoms with van der Waals surface area (Å²) in [5, 5.41) is 0. The van der Waals surface area contributed by atoms with E-state index in [0.717, 1.165) is 11.3 Å². The highest BCUT2D eigenvalue weighted by Crippen LogP contribution is 2.26. The SMILES string of the molecule is CCc1cc(F)c(Br)s1. The molecule has 3 heteroatoms. The van der Waals surface area contributed by atoms with Crippen molar-refractivity contribution >= 4 is 27.3 Å². The molecule has 0 spiro atoms. The van der Waals surface area contributed by atoms with E-state index in [4.69, 9.17) is 0 Å². The molecule has 1 rings (SSSR count). The third-order valence-corrected chi connectivity index (χ3v) is 2.95. The van der Waals surface area contributed by atoms with Gasteiger partial charge >= 0.3 is 0 Å². The molecule has 1 heterocycles. The summed E-state index contributed by atoms with van der Waals surface area (Å²) in [6, 6.07) is 1.56. The number of thiophene rings is 1. The maximum Gasteiger partial charge on any atom is 0.148 e. The van der Waals surface area contributed by atoms with Crippen LogP contribution < -0.4 is 0 Å². The molecule has 0 unspecified atom stereocenters. The van der Waals surface area contributed by atoms with Crippen molar-refractivity contribution in [1.29, 1.82) is 0 Å². The Morgan fingerprint density at radius 2 is 2.44 bits per heavy atom. The molecule has 0 atom stereocenters. The van der Waals surface area contributed by atoms with Gasteiger partial charge in [-0.2, -0.15) is 0 Å². The van der Waals surface area contributed by atoms with E-state index in [-0.39, 0.29) is 5.82 Å². The maximum atomic E-state index is 12.5. The van der Waals surface area contributed by atoms with Crippen LogP contribution in [0.2, 0.25) is 0 Å². The van der Waals surface area contributed by atoms with Gasteiger partial charge in [-0.1, -0.05) is 6.92 Å². The number of halogens is 2. The summed E-state index contributed by atoms with van der Waals surface area (Å²) < 4.78 is 13.1. The first-order chi connectivity index (χ1) is 4.24. The zero-order valence-electron chi connectivity index (χ0n) is 4.95. The summed E-state index contributed by atoms with van der Waals surface area (Å²) in [4.78, 5) is 1.08. The van der Waals surface area contributed by atoms with Crippen LogP contribution in [0.15, 0.2) is 9.85 Å². The van der Waals surface area contributed by atoms with Gasteiger partial charge in [-0.15, -0.1) is 11.3 Å². The second-order valence-corrected chi connectivity index (χ2v) is 4.14. The Morgan fingerprint density at radius 3 is 2.67 bits per heavy atom. The second kappa shape index (κ2) is 2.80. The van der Waals surface area contributed by atoms with E-state index in [0.29, 0.717) is 3.79 Å². The predicted octanol–water partition coefficient (Wildman–Crippen LogP) is 3.21. The molecule has 1 aromatic heterocycles. The van der Waals surface area contributed by atoms with Crippen LogP contribution in [0.4, 0.5) is 4.39 Å². The van der Waals surface area contributed by atoms with Crippen molar-refractivity contribution in [1.82, 2.24) is 0 Å². The van der Waals surface area contributed by atoms with Crippen LogP contribution in [0, 0.1) is 5.82 Å². The molecule has 1 aromatic rings. The lowest BCUT2D eigenvalue weighted by molar-refractivity contribution is 0.627. The zero-order chi connectivity index (χ0) is 6.85. The molecule has 0 N–H and O–H groups in total. The maximum absolute atomic E-state index is 12.5. The van der Waals surface area contributed by atoms with Crippen molar-refractivity contribution in [3.8, 4) is 0 Å². The lowest BCUT2D eigenvalue weighted by Crippen LogP contribution is -1.66. The van der Waals surface area contributed by atoms with Crippen LogP contribution in [-0.4, -0.2) is 0 Å². The largest absolute Gasteiger partial charge is 0.205 e. The Balaban J connectivity index is 2.98. The highest BCUT2D eigenvalue weighted by molar-refractivity contribution is 9.11. The van der Waals surface area contributed by atoms with E-state index in [1.54, 1.807) is 6.07 Å². The summed E-state index contributed by atoms with van der Waals surface area (Å²) in [5.74, 6) is -0.142. The lowest BCUT2D eigenvalue weighted by Gasteiger charge is -1.79. The van der Waals surface area contributed by atoms with Gasteiger partial charge in [0.2, 0.25) is 0 Å². The van der Waals surface area contributed by atoms with Crippen molar-refractivity contribution in [2.75, 3.05) is 0 Å². The molecule has 50 valence electrons. The number of hydrogen-bond acceptors (Lipinski definition) is 1. The zero-order valence-corrected chi connectivity index (χ0v) is 7.35. The highest BCUT2D eigenvalue weighted by Gasteiger charge is 2.02. The first kappa shape index (κ1) is 7.22. The normalized spacial score (nSPS) is 10.1. The number of hydrogen-bond donors (Lipinski definition) is 0. The quantitative estimate of drug-likeness (QED) is 0.666. The summed E-state index contributed by atoms with van der Waals surface area (Å²) in [7, 11) is 0. The minimum absolute atomic E-state index is 0.142. The minimum Gasteiger partial charge on any atom is -0.205 e. The Morgan fingerprint density at radius 1 is 1.78 bits per heavy atom. The smallest absolute Gasteiger partial charge is 0.148 e. The van der Waals surface area contributed by atoms with Crippen molar-refractivity contribution in [2.45, 2.75) is 13.3 Å². The summed E-state index contributed by atoms with van der Waals surface area (Å²) in [6.45, 7) is 2.01. The van der Waals surface area contributed by atoms with Crippen LogP contribution in [0.25, 0.3) is 0 Å². The fourth-order valence-electron chi connectivity index (χ4n) is 0.566. The molecule has 0 fully saturated rings. The van der Waals surface area contributed by atoms with E-state index in [1.165, 1.54) is 11.3 Å². The first-order valence-corrected chi connectivity index (χ1v) is 4.28. The van der Waals surface area contributed by atoms with Gasteiger partial charge in [0.1, 0.15) is 9.60 Å². The van der Waals surface area contributed by atoms with Crippen molar-refractivity contribution in [2.24, 2.45) is 0 Å². The molecule has 0 amide bonds. The van der Waals surface area contributed by atoms with Crippen LogP contribution in [-0.2, 0) is 6.42 Å². The van der Waals surface area contributed by atoms with E-state index in [1.807, 2.05) is 6.92 Å². The van der Waals surface area contributed by atoms with Gasteiger partial charge in [0.25, 0.3) is 0 Å². The molecule has 0 aliphatic heterocycles. The Hall–Kier alpha value is 0.110. The third-order valence-electron chi connectivity index (χ3n) is 1.04. The van der Waals surface area contributed by atoms with Crippen LogP contribution >= 0.6 is 27.3 Å². The average molecular weight is 209 g/mol. The van der Waals surface area contributed by atoms with Crippen molar-refractivity contribution < 1.29 is 4.39 Å². The van der Waals surface area contributed by atoms with E-state index in [2.05, 4.69) is 15.9 Å². The average Bonchev–Trinajstić information content (AvgIpc) is 2.13. The monoisotopic (exact) mass is 208 g/mol. The molecule has 0 aliphatic rings. The Bertz CT molecular complexity index is 187. The molecular weight excluding hydrogens is 203 g/mol. The summed E-state index contributed by atoms with van der Waals surface area (Å²) >= 11 is 4.56. The van der Waals surface area contributed by atoms with E-state index >= 15 is 0 Å². The standard InChI is InChI=1S/C6H6BrFS/c1-2-4-3-5(8)6(7)9-4/h3H,2H2,1H3. The third kappa shape index (κ3) is 1.52. The van der Waals surface area contributed by atoms with Gasteiger partial charge in [0, 0.05) is 4.88 Å². The Kier molecular flexibility index (Phi) is 2.24. The minimum atomic E-state index is -0.142. The molecule has 0 saturated carbocycles. The molecule has 0 bridgehead atoms. The van der Waals surface area contributed by atoms with Crippen LogP contribution in [0.1, 0.15) is 11.8 Å². The fourth-order valence-corrected chi connectivity index (χ4v) is 2.00. The molecule has 0 aromatic carbocycles. The summed E-state index contributed by atoms with van der Waals surface area (Å²) in [5.41, 5.74) is 0. The molecule has 0 nitrogen and oxygen atoms in total. The Labute approximate surface area is 65.8 Å². The summed E-state index contributed by atoms with van der Waals surface area (Å²) in [6.07, 6.45) is 0.910. The van der Waals surface area contributed by atoms with Gasteiger partial charge < -0.3 is 0 Å². The van der Waals surface area contributed by atoms with E-state index < -0.39 is 0 Å². The molecule has 9 heavy (non-hydrogen) atoms. The van der Waals surface area contributed by atoms with Gasteiger partial charge in [0.05, 0.1) is 0 Å². The fraction of sp³-hybridized carbons (Fsp3) is 0.333. The number of rotatable bonds is 1.